The Hall–Kier alpha value is -1.55. The SMILES string of the molecule is CN(C)CN(C)C(=O)CCc1cc(C(C)(C)C)c(O)c(C(C)(C)C)c1. The number of phenols is 1. The van der Waals surface area contributed by atoms with Gasteiger partial charge in [-0.2, -0.15) is 0 Å². The minimum atomic E-state index is -0.147. The molecule has 1 N–H and O–H groups in total. The molecule has 0 atom stereocenters. The molecule has 0 aliphatic heterocycles. The second-order valence-electron chi connectivity index (χ2n) is 9.35. The number of carbonyl (C=O) groups excluding carboxylic acids is 1. The maximum atomic E-state index is 12.3. The molecule has 0 saturated heterocycles. The Morgan fingerprint density at radius 1 is 0.960 bits per heavy atom. The van der Waals surface area contributed by atoms with E-state index in [-0.39, 0.29) is 16.7 Å². The highest BCUT2D eigenvalue weighted by Gasteiger charge is 2.26. The van der Waals surface area contributed by atoms with Crippen molar-refractivity contribution in [2.75, 3.05) is 27.8 Å². The molecule has 1 amide bonds. The van der Waals surface area contributed by atoms with Crippen molar-refractivity contribution in [2.45, 2.75) is 65.2 Å². The van der Waals surface area contributed by atoms with E-state index < -0.39 is 0 Å². The first-order chi connectivity index (χ1) is 11.2. The number of amides is 1. The van der Waals surface area contributed by atoms with Crippen molar-refractivity contribution in [3.8, 4) is 5.75 Å². The van der Waals surface area contributed by atoms with Gasteiger partial charge in [-0.05, 0) is 48.0 Å². The van der Waals surface area contributed by atoms with Crippen LogP contribution in [0, 0.1) is 0 Å². The van der Waals surface area contributed by atoms with Crippen LogP contribution in [-0.4, -0.2) is 48.6 Å². The largest absolute Gasteiger partial charge is 0.507 e. The second kappa shape index (κ2) is 7.77. The Balaban J connectivity index is 3.10. The molecule has 0 saturated carbocycles. The summed E-state index contributed by atoms with van der Waals surface area (Å²) in [5, 5.41) is 10.8. The Bertz CT molecular complexity index is 572. The highest BCUT2D eigenvalue weighted by atomic mass is 16.3. The van der Waals surface area contributed by atoms with Gasteiger partial charge in [0.25, 0.3) is 0 Å². The highest BCUT2D eigenvalue weighted by Crippen LogP contribution is 2.39. The summed E-state index contributed by atoms with van der Waals surface area (Å²) in [5.74, 6) is 0.524. The van der Waals surface area contributed by atoms with Crippen molar-refractivity contribution < 1.29 is 9.90 Å². The molecule has 1 aromatic carbocycles. The molecule has 0 aromatic heterocycles. The summed E-state index contributed by atoms with van der Waals surface area (Å²) in [6.45, 7) is 13.3. The summed E-state index contributed by atoms with van der Waals surface area (Å²) < 4.78 is 0. The summed E-state index contributed by atoms with van der Waals surface area (Å²) in [6.07, 6.45) is 1.16. The van der Waals surface area contributed by atoms with E-state index in [1.165, 1.54) is 0 Å². The Labute approximate surface area is 153 Å². The highest BCUT2D eigenvalue weighted by molar-refractivity contribution is 5.76. The van der Waals surface area contributed by atoms with Crippen LogP contribution in [0.1, 0.15) is 64.7 Å². The minimum absolute atomic E-state index is 0.136. The van der Waals surface area contributed by atoms with Gasteiger partial charge in [-0.3, -0.25) is 9.69 Å². The van der Waals surface area contributed by atoms with Crippen molar-refractivity contribution in [2.24, 2.45) is 0 Å². The van der Waals surface area contributed by atoms with Gasteiger partial charge in [0.2, 0.25) is 5.91 Å². The zero-order valence-corrected chi connectivity index (χ0v) is 17.5. The molecular formula is C21H36N2O2. The summed E-state index contributed by atoms with van der Waals surface area (Å²) in [6, 6.07) is 4.12. The van der Waals surface area contributed by atoms with E-state index in [1.807, 2.05) is 26.0 Å². The number of rotatable bonds is 5. The number of benzene rings is 1. The van der Waals surface area contributed by atoms with E-state index in [2.05, 4.69) is 53.7 Å². The van der Waals surface area contributed by atoms with Crippen molar-refractivity contribution in [3.05, 3.63) is 28.8 Å². The number of carbonyl (C=O) groups is 1. The smallest absolute Gasteiger partial charge is 0.223 e. The zero-order valence-electron chi connectivity index (χ0n) is 17.5. The number of nitrogens with zero attached hydrogens (tertiary/aromatic N) is 2. The molecule has 142 valence electrons. The standard InChI is InChI=1S/C21H36N2O2/c1-20(2,3)16-12-15(13-17(19(16)25)21(4,5)6)10-11-18(24)23(9)14-22(7)8/h12-13,25H,10-11,14H2,1-9H3. The Morgan fingerprint density at radius 3 is 1.76 bits per heavy atom. The third-order valence-corrected chi connectivity index (χ3v) is 4.33. The molecule has 0 spiro atoms. The molecule has 0 aliphatic rings. The average Bonchev–Trinajstić information content (AvgIpc) is 2.42. The third-order valence-electron chi connectivity index (χ3n) is 4.33. The lowest BCUT2D eigenvalue weighted by atomic mass is 9.78. The van der Waals surface area contributed by atoms with E-state index in [0.29, 0.717) is 25.3 Å². The molecule has 25 heavy (non-hydrogen) atoms. The van der Waals surface area contributed by atoms with Crippen molar-refractivity contribution in [1.82, 2.24) is 9.80 Å². The van der Waals surface area contributed by atoms with E-state index in [4.69, 9.17) is 0 Å². The molecule has 4 nitrogen and oxygen atoms in total. The predicted octanol–water partition coefficient (Wildman–Crippen LogP) is 3.90. The molecule has 0 heterocycles. The molecule has 4 heteroatoms. The van der Waals surface area contributed by atoms with Gasteiger partial charge < -0.3 is 10.0 Å². The van der Waals surface area contributed by atoms with Gasteiger partial charge in [0.15, 0.2) is 0 Å². The van der Waals surface area contributed by atoms with Crippen molar-refractivity contribution >= 4 is 5.91 Å². The third kappa shape index (κ3) is 6.03. The topological polar surface area (TPSA) is 43.8 Å². The van der Waals surface area contributed by atoms with Gasteiger partial charge >= 0.3 is 0 Å². The number of aryl methyl sites for hydroxylation is 1. The van der Waals surface area contributed by atoms with Gasteiger partial charge in [-0.1, -0.05) is 53.7 Å². The number of hydrogen-bond acceptors (Lipinski definition) is 3. The van der Waals surface area contributed by atoms with Crippen molar-refractivity contribution in [1.29, 1.82) is 0 Å². The fraction of sp³-hybridized carbons (Fsp3) is 0.667. The van der Waals surface area contributed by atoms with Gasteiger partial charge in [-0.25, -0.2) is 0 Å². The molecule has 0 aliphatic carbocycles. The molecular weight excluding hydrogens is 312 g/mol. The lowest BCUT2D eigenvalue weighted by molar-refractivity contribution is -0.131. The van der Waals surface area contributed by atoms with Crippen LogP contribution < -0.4 is 0 Å². The Kier molecular flexibility index (Phi) is 6.68. The fourth-order valence-corrected chi connectivity index (χ4v) is 2.93. The average molecular weight is 349 g/mol. The summed E-state index contributed by atoms with van der Waals surface area (Å²) in [4.78, 5) is 16.1. The van der Waals surface area contributed by atoms with Crippen LogP contribution >= 0.6 is 0 Å². The first-order valence-electron chi connectivity index (χ1n) is 8.99. The molecule has 0 unspecified atom stereocenters. The van der Waals surface area contributed by atoms with Crippen LogP contribution in [0.3, 0.4) is 0 Å². The number of phenolic OH excluding ortho intramolecular Hbond substituents is 1. The van der Waals surface area contributed by atoms with Crippen LogP contribution in [-0.2, 0) is 22.0 Å². The second-order valence-corrected chi connectivity index (χ2v) is 9.35. The van der Waals surface area contributed by atoms with Gasteiger partial charge in [-0.15, -0.1) is 0 Å². The van der Waals surface area contributed by atoms with Crippen LogP contribution in [0.15, 0.2) is 12.1 Å². The van der Waals surface area contributed by atoms with Crippen molar-refractivity contribution in [3.63, 3.8) is 0 Å². The fourth-order valence-electron chi connectivity index (χ4n) is 2.93. The lowest BCUT2D eigenvalue weighted by Gasteiger charge is -2.28. The molecule has 0 bridgehead atoms. The summed E-state index contributed by atoms with van der Waals surface area (Å²) >= 11 is 0. The molecule has 0 radical (unpaired) electrons. The lowest BCUT2D eigenvalue weighted by Crippen LogP contribution is -2.35. The summed E-state index contributed by atoms with van der Waals surface area (Å²) in [7, 11) is 5.74. The van der Waals surface area contributed by atoms with Crippen LogP contribution in [0.2, 0.25) is 0 Å². The van der Waals surface area contributed by atoms with Gasteiger partial charge in [0, 0.05) is 13.5 Å². The van der Waals surface area contributed by atoms with Gasteiger partial charge in [0.05, 0.1) is 6.67 Å². The first-order valence-corrected chi connectivity index (χ1v) is 8.99. The molecule has 0 fully saturated rings. The van der Waals surface area contributed by atoms with Crippen LogP contribution in [0.25, 0.3) is 0 Å². The Morgan fingerprint density at radius 2 is 1.40 bits per heavy atom. The number of aromatic hydroxyl groups is 1. The van der Waals surface area contributed by atoms with Crippen LogP contribution in [0.5, 0.6) is 5.75 Å². The summed E-state index contributed by atoms with van der Waals surface area (Å²) in [5.41, 5.74) is 2.71. The monoisotopic (exact) mass is 348 g/mol. The van der Waals surface area contributed by atoms with E-state index in [0.717, 1.165) is 16.7 Å². The minimum Gasteiger partial charge on any atom is -0.507 e. The quantitative estimate of drug-likeness (QED) is 0.821. The maximum absolute atomic E-state index is 12.3. The zero-order chi connectivity index (χ0) is 19.6. The van der Waals surface area contributed by atoms with E-state index in [9.17, 15) is 9.90 Å². The van der Waals surface area contributed by atoms with E-state index >= 15 is 0 Å². The predicted molar refractivity (Wildman–Crippen MR) is 105 cm³/mol. The first kappa shape index (κ1) is 21.5. The molecule has 1 aromatic rings. The normalized spacial score (nSPS) is 12.6. The number of hydrogen-bond donors (Lipinski definition) is 1. The van der Waals surface area contributed by atoms with Gasteiger partial charge in [0.1, 0.15) is 5.75 Å². The van der Waals surface area contributed by atoms with Crippen LogP contribution in [0.4, 0.5) is 0 Å². The molecule has 1 rings (SSSR count). The van der Waals surface area contributed by atoms with E-state index in [1.54, 1.807) is 4.90 Å². The maximum Gasteiger partial charge on any atom is 0.223 e.